The van der Waals surface area contributed by atoms with Gasteiger partial charge in [-0.15, -0.1) is 0 Å². The molecule has 3 aromatic carbocycles. The number of primary sulfonamides is 1. The zero-order chi connectivity index (χ0) is 31.4. The van der Waals surface area contributed by atoms with E-state index in [2.05, 4.69) is 29.2 Å². The van der Waals surface area contributed by atoms with Gasteiger partial charge in [0, 0.05) is 45.7 Å². The first-order valence-corrected chi connectivity index (χ1v) is 17.2. The molecule has 0 saturated heterocycles. The minimum Gasteiger partial charge on any atom is -0.463 e. The Morgan fingerprint density at radius 2 is 1.64 bits per heavy atom. The Bertz CT molecular complexity index is 1410. The molecule has 240 valence electrons. The summed E-state index contributed by atoms with van der Waals surface area (Å²) < 4.78 is 40.6. The third-order valence-electron chi connectivity index (χ3n) is 7.82. The van der Waals surface area contributed by atoms with Crippen LogP contribution in [0.5, 0.6) is 5.75 Å². The normalized spacial score (nSPS) is 15.1. The van der Waals surface area contributed by atoms with Gasteiger partial charge < -0.3 is 19.3 Å². The number of nitrogens with two attached hydrogens (primary N) is 1. The second-order valence-corrected chi connectivity index (χ2v) is 13.6. The number of hydrogen-bond donors (Lipinski definition) is 2. The van der Waals surface area contributed by atoms with Gasteiger partial charge in [-0.05, 0) is 79.6 Å². The van der Waals surface area contributed by atoms with Crippen LogP contribution in [0, 0.1) is 0 Å². The molecule has 0 fully saturated rings. The molecule has 3 aromatic rings. The van der Waals surface area contributed by atoms with Gasteiger partial charge in [-0.2, -0.15) is 0 Å². The summed E-state index contributed by atoms with van der Waals surface area (Å²) in [5.41, 5.74) is 4.05. The second-order valence-electron chi connectivity index (χ2n) is 12.1. The molecule has 0 spiro atoms. The number of ether oxygens (including phenoxy) is 3. The number of benzene rings is 3. The Morgan fingerprint density at radius 1 is 0.909 bits per heavy atom. The van der Waals surface area contributed by atoms with E-state index in [4.69, 9.17) is 19.3 Å². The van der Waals surface area contributed by atoms with Crippen LogP contribution in [0.15, 0.2) is 77.7 Å². The van der Waals surface area contributed by atoms with Crippen molar-refractivity contribution in [1.29, 1.82) is 0 Å². The first-order valence-electron chi connectivity index (χ1n) is 15.7. The molecular weight excluding hydrogens is 576 g/mol. The molecule has 0 unspecified atom stereocenters. The van der Waals surface area contributed by atoms with Crippen molar-refractivity contribution in [3.63, 3.8) is 0 Å². The summed E-state index contributed by atoms with van der Waals surface area (Å²) in [6, 6.07) is 23.1. The molecular formula is C35H48N2O6S. The molecule has 4 rings (SSSR count). The summed E-state index contributed by atoms with van der Waals surface area (Å²) >= 11 is 0. The fourth-order valence-electron chi connectivity index (χ4n) is 5.40. The highest BCUT2D eigenvalue weighted by molar-refractivity contribution is 7.89. The van der Waals surface area contributed by atoms with Crippen molar-refractivity contribution in [3.05, 3.63) is 95.1 Å². The number of aliphatic hydroxyl groups excluding tert-OH is 1. The van der Waals surface area contributed by atoms with E-state index in [9.17, 15) is 13.5 Å². The van der Waals surface area contributed by atoms with Crippen molar-refractivity contribution >= 4 is 10.0 Å². The fraction of sp³-hybridized carbons (Fsp3) is 0.486. The van der Waals surface area contributed by atoms with Crippen LogP contribution in [0.25, 0.3) is 0 Å². The second kappa shape index (κ2) is 16.5. The maximum absolute atomic E-state index is 11.5. The standard InChI is InChI=1S/C35H48N2O6S/c1-35(2)42-27-31-24-30(18-19-34(31)43-35)33(38)26-37(25-29-14-6-5-7-15-29)20-9-3-4-10-21-41-22-11-8-13-28-16-12-17-32(23-28)44(36,39)40/h5-7,12,14-19,23-24,33,38H,3-4,8-11,13,20-22,25-27H2,1-2H3,(H2,36,39,40)/t33-/m0/s1. The number of sulfonamides is 1. The first-order chi connectivity index (χ1) is 21.1. The van der Waals surface area contributed by atoms with Gasteiger partial charge in [0.05, 0.1) is 17.6 Å². The van der Waals surface area contributed by atoms with E-state index in [1.54, 1.807) is 12.1 Å². The third-order valence-corrected chi connectivity index (χ3v) is 8.74. The number of hydrogen-bond acceptors (Lipinski definition) is 7. The van der Waals surface area contributed by atoms with Crippen LogP contribution in [0.1, 0.15) is 80.7 Å². The summed E-state index contributed by atoms with van der Waals surface area (Å²) in [5.74, 6) is 0.177. The lowest BCUT2D eigenvalue weighted by atomic mass is 10.0. The Kier molecular flexibility index (Phi) is 12.8. The van der Waals surface area contributed by atoms with Gasteiger partial charge in [0.15, 0.2) is 0 Å². The Balaban J connectivity index is 1.14. The Hall–Kier alpha value is -2.79. The predicted octanol–water partition coefficient (Wildman–Crippen LogP) is 6.11. The van der Waals surface area contributed by atoms with Gasteiger partial charge in [0.1, 0.15) is 5.75 Å². The summed E-state index contributed by atoms with van der Waals surface area (Å²) in [6.07, 6.45) is 6.34. The van der Waals surface area contributed by atoms with Crippen molar-refractivity contribution in [2.45, 2.75) is 88.7 Å². The van der Waals surface area contributed by atoms with E-state index in [0.717, 1.165) is 87.1 Å². The number of nitrogens with zero attached hydrogens (tertiary/aromatic N) is 1. The monoisotopic (exact) mass is 624 g/mol. The molecule has 0 amide bonds. The molecule has 1 heterocycles. The van der Waals surface area contributed by atoms with Crippen molar-refractivity contribution in [2.75, 3.05) is 26.3 Å². The van der Waals surface area contributed by atoms with Crippen LogP contribution in [0.4, 0.5) is 0 Å². The summed E-state index contributed by atoms with van der Waals surface area (Å²) in [7, 11) is -3.67. The van der Waals surface area contributed by atoms with Crippen LogP contribution >= 0.6 is 0 Å². The molecule has 0 bridgehead atoms. The lowest BCUT2D eigenvalue weighted by Gasteiger charge is -2.33. The summed E-state index contributed by atoms with van der Waals surface area (Å²) in [6.45, 7) is 7.98. The maximum atomic E-state index is 11.5. The lowest BCUT2D eigenvalue weighted by Crippen LogP contribution is -2.35. The molecule has 9 heteroatoms. The van der Waals surface area contributed by atoms with Gasteiger partial charge in [-0.1, -0.05) is 61.4 Å². The van der Waals surface area contributed by atoms with E-state index >= 15 is 0 Å². The predicted molar refractivity (Wildman–Crippen MR) is 173 cm³/mol. The van der Waals surface area contributed by atoms with Crippen LogP contribution in [-0.4, -0.2) is 50.5 Å². The number of aryl methyl sites for hydroxylation is 1. The Labute approximate surface area is 263 Å². The smallest absolute Gasteiger partial charge is 0.238 e. The summed E-state index contributed by atoms with van der Waals surface area (Å²) in [5, 5.41) is 16.4. The third kappa shape index (κ3) is 11.3. The van der Waals surface area contributed by atoms with Gasteiger partial charge in [-0.3, -0.25) is 4.90 Å². The highest BCUT2D eigenvalue weighted by Crippen LogP contribution is 2.33. The number of unbranched alkanes of at least 4 members (excludes halogenated alkanes) is 4. The lowest BCUT2D eigenvalue weighted by molar-refractivity contribution is -0.180. The Morgan fingerprint density at radius 3 is 2.41 bits per heavy atom. The van der Waals surface area contributed by atoms with Crippen molar-refractivity contribution in [3.8, 4) is 5.75 Å². The number of aliphatic hydroxyl groups is 1. The topological polar surface area (TPSA) is 111 Å². The SMILES string of the molecule is CC1(C)OCc2cc([C@@H](O)CN(CCCCCCOCCCCc3cccc(S(N)(=O)=O)c3)Cc3ccccc3)ccc2O1. The molecule has 0 radical (unpaired) electrons. The quantitative estimate of drug-likeness (QED) is 0.164. The van der Waals surface area contributed by atoms with E-state index < -0.39 is 21.9 Å². The van der Waals surface area contributed by atoms with E-state index in [1.165, 1.54) is 11.6 Å². The molecule has 0 aromatic heterocycles. The first kappa shape index (κ1) is 34.1. The van der Waals surface area contributed by atoms with Crippen molar-refractivity contribution in [2.24, 2.45) is 5.14 Å². The van der Waals surface area contributed by atoms with Crippen molar-refractivity contribution in [1.82, 2.24) is 4.90 Å². The van der Waals surface area contributed by atoms with Crippen LogP contribution in [0.2, 0.25) is 0 Å². The molecule has 3 N–H and O–H groups in total. The van der Waals surface area contributed by atoms with E-state index in [0.29, 0.717) is 19.8 Å². The molecule has 44 heavy (non-hydrogen) atoms. The van der Waals surface area contributed by atoms with E-state index in [-0.39, 0.29) is 4.90 Å². The molecule has 1 aliphatic heterocycles. The van der Waals surface area contributed by atoms with E-state index in [1.807, 2.05) is 44.2 Å². The molecule has 8 nitrogen and oxygen atoms in total. The fourth-order valence-corrected chi connectivity index (χ4v) is 5.98. The molecule has 0 saturated carbocycles. The van der Waals surface area contributed by atoms with Gasteiger partial charge in [-0.25, -0.2) is 13.6 Å². The highest BCUT2D eigenvalue weighted by Gasteiger charge is 2.28. The largest absolute Gasteiger partial charge is 0.463 e. The zero-order valence-corrected chi connectivity index (χ0v) is 26.9. The number of fused-ring (bicyclic) bond motifs is 1. The van der Waals surface area contributed by atoms with Crippen molar-refractivity contribution < 1.29 is 27.7 Å². The van der Waals surface area contributed by atoms with Crippen LogP contribution in [-0.2, 0) is 39.1 Å². The van der Waals surface area contributed by atoms with Crippen LogP contribution in [0.3, 0.4) is 0 Å². The van der Waals surface area contributed by atoms with Gasteiger partial charge >= 0.3 is 0 Å². The molecule has 0 aliphatic carbocycles. The zero-order valence-electron chi connectivity index (χ0n) is 26.1. The van der Waals surface area contributed by atoms with Gasteiger partial charge in [0.25, 0.3) is 0 Å². The minimum atomic E-state index is -3.67. The molecule has 1 aliphatic rings. The van der Waals surface area contributed by atoms with Crippen LogP contribution < -0.4 is 9.88 Å². The molecule has 1 atom stereocenters. The minimum absolute atomic E-state index is 0.162. The summed E-state index contributed by atoms with van der Waals surface area (Å²) in [4.78, 5) is 2.50. The average molecular weight is 625 g/mol. The average Bonchev–Trinajstić information content (AvgIpc) is 2.99. The highest BCUT2D eigenvalue weighted by atomic mass is 32.2. The number of rotatable bonds is 18. The maximum Gasteiger partial charge on any atom is 0.238 e. The van der Waals surface area contributed by atoms with Gasteiger partial charge in [0.2, 0.25) is 15.8 Å².